The molecule has 2 aliphatic heterocycles. The molecule has 0 bridgehead atoms. The molecule has 1 saturated heterocycles. The normalized spacial score (nSPS) is 20.1. The second kappa shape index (κ2) is 7.23. The number of aromatic amines is 1. The van der Waals surface area contributed by atoms with Gasteiger partial charge in [-0.25, -0.2) is 0 Å². The summed E-state index contributed by atoms with van der Waals surface area (Å²) in [4.78, 5) is 32.0. The number of H-pyrrole nitrogens is 1. The van der Waals surface area contributed by atoms with E-state index in [2.05, 4.69) is 4.98 Å². The van der Waals surface area contributed by atoms with Crippen LogP contribution in [0.25, 0.3) is 0 Å². The molecule has 0 aliphatic carbocycles. The average molecular weight is 353 g/mol. The van der Waals surface area contributed by atoms with Gasteiger partial charge < -0.3 is 19.5 Å². The largest absolute Gasteiger partial charge is 0.493 e. The van der Waals surface area contributed by atoms with Crippen LogP contribution < -0.4 is 4.74 Å². The Balaban J connectivity index is 1.37. The van der Waals surface area contributed by atoms with Crippen molar-refractivity contribution in [3.8, 4) is 5.75 Å². The van der Waals surface area contributed by atoms with E-state index in [4.69, 9.17) is 4.74 Å². The van der Waals surface area contributed by atoms with Crippen LogP contribution in [0, 0.1) is 5.92 Å². The molecule has 0 spiro atoms. The molecule has 4 rings (SSSR count). The number of nitrogens with one attached hydrogen (secondary N) is 1. The number of ether oxygens (including phenoxy) is 1. The summed E-state index contributed by atoms with van der Waals surface area (Å²) in [5.41, 5.74) is 1.70. The standard InChI is InChI=1S/C20H23N3O3/c24-19(16-7-13-26-18-6-2-1-4-15(18)14-16)22-9-11-23(12-10-22)20(25)17-5-3-8-21-17/h1-6,8,16,21H,7,9-14H2/t16-/m1/s1. The summed E-state index contributed by atoms with van der Waals surface area (Å²) < 4.78 is 5.78. The highest BCUT2D eigenvalue weighted by molar-refractivity contribution is 5.92. The van der Waals surface area contributed by atoms with E-state index < -0.39 is 0 Å². The molecular formula is C20H23N3O3. The molecule has 2 aromatic rings. The van der Waals surface area contributed by atoms with Crippen molar-refractivity contribution in [2.45, 2.75) is 12.8 Å². The molecule has 3 heterocycles. The predicted octanol–water partition coefficient (Wildman–Crippen LogP) is 1.94. The van der Waals surface area contributed by atoms with Crippen molar-refractivity contribution in [3.05, 3.63) is 53.9 Å². The summed E-state index contributed by atoms with van der Waals surface area (Å²) in [6.45, 7) is 2.89. The van der Waals surface area contributed by atoms with Gasteiger partial charge in [0.1, 0.15) is 11.4 Å². The number of para-hydroxylation sites is 1. The molecule has 0 saturated carbocycles. The minimum atomic E-state index is -0.0516. The van der Waals surface area contributed by atoms with Crippen molar-refractivity contribution >= 4 is 11.8 Å². The lowest BCUT2D eigenvalue weighted by molar-refractivity contribution is -0.137. The van der Waals surface area contributed by atoms with Gasteiger partial charge in [0.15, 0.2) is 0 Å². The number of hydrogen-bond acceptors (Lipinski definition) is 3. The van der Waals surface area contributed by atoms with Crippen molar-refractivity contribution in [1.29, 1.82) is 0 Å². The van der Waals surface area contributed by atoms with Gasteiger partial charge in [0.25, 0.3) is 5.91 Å². The highest BCUT2D eigenvalue weighted by atomic mass is 16.5. The van der Waals surface area contributed by atoms with E-state index in [-0.39, 0.29) is 17.7 Å². The van der Waals surface area contributed by atoms with Gasteiger partial charge in [0.2, 0.25) is 5.91 Å². The van der Waals surface area contributed by atoms with Crippen molar-refractivity contribution in [3.63, 3.8) is 0 Å². The Kier molecular flexibility index (Phi) is 4.65. The van der Waals surface area contributed by atoms with E-state index in [9.17, 15) is 9.59 Å². The molecule has 1 aromatic carbocycles. The summed E-state index contributed by atoms with van der Waals surface area (Å²) in [5.74, 6) is 1.02. The Labute approximate surface area is 152 Å². The fourth-order valence-corrected chi connectivity index (χ4v) is 3.72. The van der Waals surface area contributed by atoms with Crippen LogP contribution >= 0.6 is 0 Å². The maximum absolute atomic E-state index is 13.0. The first-order valence-electron chi connectivity index (χ1n) is 9.14. The number of hydrogen-bond donors (Lipinski definition) is 1. The monoisotopic (exact) mass is 353 g/mol. The molecule has 0 radical (unpaired) electrons. The van der Waals surface area contributed by atoms with Gasteiger partial charge in [-0.3, -0.25) is 9.59 Å². The zero-order chi connectivity index (χ0) is 17.9. The molecule has 0 unspecified atom stereocenters. The third-order valence-electron chi connectivity index (χ3n) is 5.22. The molecule has 1 N–H and O–H groups in total. The first kappa shape index (κ1) is 16.7. The number of rotatable bonds is 2. The highest BCUT2D eigenvalue weighted by Gasteiger charge is 2.31. The van der Waals surface area contributed by atoms with Crippen molar-refractivity contribution in [1.82, 2.24) is 14.8 Å². The number of benzene rings is 1. The number of amides is 2. The predicted molar refractivity (Wildman–Crippen MR) is 97.0 cm³/mol. The molecule has 136 valence electrons. The van der Waals surface area contributed by atoms with Crippen LogP contribution in [0.5, 0.6) is 5.75 Å². The van der Waals surface area contributed by atoms with Gasteiger partial charge in [-0.1, -0.05) is 18.2 Å². The molecule has 1 fully saturated rings. The molecule has 1 aromatic heterocycles. The summed E-state index contributed by atoms with van der Waals surface area (Å²) in [6, 6.07) is 11.5. The lowest BCUT2D eigenvalue weighted by atomic mass is 9.95. The molecule has 26 heavy (non-hydrogen) atoms. The van der Waals surface area contributed by atoms with Gasteiger partial charge in [0.05, 0.1) is 6.61 Å². The Morgan fingerprint density at radius 3 is 2.54 bits per heavy atom. The van der Waals surface area contributed by atoms with Gasteiger partial charge >= 0.3 is 0 Å². The fraction of sp³-hybridized carbons (Fsp3) is 0.400. The highest BCUT2D eigenvalue weighted by Crippen LogP contribution is 2.27. The van der Waals surface area contributed by atoms with Crippen LogP contribution in [0.3, 0.4) is 0 Å². The van der Waals surface area contributed by atoms with Crippen molar-refractivity contribution < 1.29 is 14.3 Å². The minimum absolute atomic E-state index is 0.00103. The topological polar surface area (TPSA) is 65.6 Å². The zero-order valence-electron chi connectivity index (χ0n) is 14.7. The number of carbonyl (C=O) groups excluding carboxylic acids is 2. The SMILES string of the molecule is O=C(c1ccc[nH]1)N1CCN(C(=O)[C@@H]2CCOc3ccccc3C2)CC1. The van der Waals surface area contributed by atoms with E-state index in [1.54, 1.807) is 17.2 Å². The molecule has 2 aliphatic rings. The van der Waals surface area contributed by atoms with Crippen LogP contribution in [0.2, 0.25) is 0 Å². The number of nitrogens with zero attached hydrogens (tertiary/aromatic N) is 2. The smallest absolute Gasteiger partial charge is 0.270 e. The second-order valence-electron chi connectivity index (χ2n) is 6.85. The lowest BCUT2D eigenvalue weighted by Crippen LogP contribution is -2.52. The molecule has 6 heteroatoms. The third-order valence-corrected chi connectivity index (χ3v) is 5.22. The Bertz CT molecular complexity index is 779. The fourth-order valence-electron chi connectivity index (χ4n) is 3.72. The van der Waals surface area contributed by atoms with Gasteiger partial charge in [-0.05, 0) is 36.6 Å². The minimum Gasteiger partial charge on any atom is -0.493 e. The Morgan fingerprint density at radius 2 is 1.77 bits per heavy atom. The van der Waals surface area contributed by atoms with E-state index in [0.29, 0.717) is 38.5 Å². The molecule has 2 amide bonds. The van der Waals surface area contributed by atoms with Gasteiger partial charge in [-0.15, -0.1) is 0 Å². The van der Waals surface area contributed by atoms with Gasteiger partial charge in [0, 0.05) is 38.3 Å². The number of aromatic nitrogens is 1. The van der Waals surface area contributed by atoms with E-state index in [1.165, 1.54) is 0 Å². The summed E-state index contributed by atoms with van der Waals surface area (Å²) in [6.07, 6.45) is 3.20. The van der Waals surface area contributed by atoms with Crippen molar-refractivity contribution in [2.75, 3.05) is 32.8 Å². The summed E-state index contributed by atoms with van der Waals surface area (Å²) in [7, 11) is 0. The van der Waals surface area contributed by atoms with E-state index in [1.807, 2.05) is 35.2 Å². The second-order valence-corrected chi connectivity index (χ2v) is 6.85. The summed E-state index contributed by atoms with van der Waals surface area (Å²) in [5, 5.41) is 0. The number of piperazine rings is 1. The van der Waals surface area contributed by atoms with E-state index >= 15 is 0 Å². The summed E-state index contributed by atoms with van der Waals surface area (Å²) >= 11 is 0. The van der Waals surface area contributed by atoms with Crippen LogP contribution in [0.1, 0.15) is 22.5 Å². The van der Waals surface area contributed by atoms with Crippen LogP contribution in [-0.4, -0.2) is 59.4 Å². The maximum Gasteiger partial charge on any atom is 0.270 e. The van der Waals surface area contributed by atoms with Crippen LogP contribution in [0.15, 0.2) is 42.6 Å². The van der Waals surface area contributed by atoms with Gasteiger partial charge in [-0.2, -0.15) is 0 Å². The van der Waals surface area contributed by atoms with Crippen molar-refractivity contribution in [2.24, 2.45) is 5.92 Å². The third kappa shape index (κ3) is 3.31. The molecule has 6 nitrogen and oxygen atoms in total. The lowest BCUT2D eigenvalue weighted by Gasteiger charge is -2.36. The average Bonchev–Trinajstić information content (AvgIpc) is 3.13. The van der Waals surface area contributed by atoms with E-state index in [0.717, 1.165) is 24.2 Å². The molecular weight excluding hydrogens is 330 g/mol. The Hall–Kier alpha value is -2.76. The Morgan fingerprint density at radius 1 is 1.00 bits per heavy atom. The quantitative estimate of drug-likeness (QED) is 0.897. The van der Waals surface area contributed by atoms with Crippen LogP contribution in [-0.2, 0) is 11.2 Å². The first-order chi connectivity index (χ1) is 12.7. The maximum atomic E-state index is 13.0. The zero-order valence-corrected chi connectivity index (χ0v) is 14.7. The molecule has 1 atom stereocenters. The number of fused-ring (bicyclic) bond motifs is 1. The number of carbonyl (C=O) groups is 2. The first-order valence-corrected chi connectivity index (χ1v) is 9.14. The van der Waals surface area contributed by atoms with Crippen LogP contribution in [0.4, 0.5) is 0 Å².